The Morgan fingerprint density at radius 3 is 2.67 bits per heavy atom. The van der Waals surface area contributed by atoms with Crippen LogP contribution in [0.2, 0.25) is 0 Å². The SMILES string of the molecule is CCS(=O)(=O)N1CCC(Oc2cncc(-c3cccc4c3N(C)C(=O)CC4)c2)CC1. The molecule has 0 N–H and O–H groups in total. The highest BCUT2D eigenvalue weighted by Crippen LogP contribution is 2.37. The van der Waals surface area contributed by atoms with E-state index in [0.29, 0.717) is 38.1 Å². The minimum absolute atomic E-state index is 0.0423. The van der Waals surface area contributed by atoms with Crippen LogP contribution in [0.15, 0.2) is 36.7 Å². The zero-order valence-corrected chi connectivity index (χ0v) is 18.2. The van der Waals surface area contributed by atoms with Gasteiger partial charge in [0.25, 0.3) is 0 Å². The van der Waals surface area contributed by atoms with Crippen LogP contribution in [0.5, 0.6) is 5.75 Å². The van der Waals surface area contributed by atoms with Gasteiger partial charge in [0.15, 0.2) is 0 Å². The fraction of sp³-hybridized carbons (Fsp3) is 0.455. The summed E-state index contributed by atoms with van der Waals surface area (Å²) in [7, 11) is -1.33. The molecule has 1 amide bonds. The quantitative estimate of drug-likeness (QED) is 0.730. The highest BCUT2D eigenvalue weighted by atomic mass is 32.2. The monoisotopic (exact) mass is 429 g/mol. The lowest BCUT2D eigenvalue weighted by atomic mass is 9.94. The van der Waals surface area contributed by atoms with Gasteiger partial charge in [0.05, 0.1) is 17.6 Å². The maximum absolute atomic E-state index is 12.2. The summed E-state index contributed by atoms with van der Waals surface area (Å²) in [5, 5.41) is 0. The molecular formula is C22H27N3O4S. The number of hydrogen-bond donors (Lipinski definition) is 0. The lowest BCUT2D eigenvalue weighted by molar-refractivity contribution is -0.118. The van der Waals surface area contributed by atoms with Gasteiger partial charge < -0.3 is 9.64 Å². The third kappa shape index (κ3) is 4.06. The summed E-state index contributed by atoms with van der Waals surface area (Å²) in [6, 6.07) is 8.02. The summed E-state index contributed by atoms with van der Waals surface area (Å²) < 4.78 is 31.8. The summed E-state index contributed by atoms with van der Waals surface area (Å²) in [6.07, 6.45) is 6.01. The Bertz CT molecular complexity index is 1050. The highest BCUT2D eigenvalue weighted by Gasteiger charge is 2.28. The fourth-order valence-corrected chi connectivity index (χ4v) is 5.32. The second-order valence-corrected chi connectivity index (χ2v) is 10.0. The van der Waals surface area contributed by atoms with E-state index >= 15 is 0 Å². The Kier molecular flexibility index (Phi) is 5.79. The maximum atomic E-state index is 12.2. The van der Waals surface area contributed by atoms with Gasteiger partial charge in [-0.05, 0) is 37.8 Å². The van der Waals surface area contributed by atoms with Crippen molar-refractivity contribution in [3.8, 4) is 16.9 Å². The fourth-order valence-electron chi connectivity index (χ4n) is 4.19. The van der Waals surface area contributed by atoms with Crippen molar-refractivity contribution in [2.24, 2.45) is 0 Å². The van der Waals surface area contributed by atoms with Gasteiger partial charge in [0.2, 0.25) is 15.9 Å². The Hall–Kier alpha value is -2.45. The number of benzene rings is 1. The lowest BCUT2D eigenvalue weighted by Gasteiger charge is -2.31. The van der Waals surface area contributed by atoms with E-state index < -0.39 is 10.0 Å². The predicted molar refractivity (Wildman–Crippen MR) is 116 cm³/mol. The molecule has 2 aliphatic heterocycles. The molecule has 8 heteroatoms. The van der Waals surface area contributed by atoms with Gasteiger partial charge in [-0.25, -0.2) is 12.7 Å². The van der Waals surface area contributed by atoms with Crippen LogP contribution in [-0.4, -0.2) is 55.6 Å². The number of carbonyl (C=O) groups excluding carboxylic acids is 1. The van der Waals surface area contributed by atoms with E-state index in [1.807, 2.05) is 25.2 Å². The molecule has 0 atom stereocenters. The number of amides is 1. The summed E-state index contributed by atoms with van der Waals surface area (Å²) in [6.45, 7) is 2.63. The average Bonchev–Trinajstić information content (AvgIpc) is 2.76. The van der Waals surface area contributed by atoms with Crippen molar-refractivity contribution in [1.29, 1.82) is 0 Å². The average molecular weight is 430 g/mol. The first kappa shape index (κ1) is 20.8. The molecule has 0 saturated carbocycles. The van der Waals surface area contributed by atoms with Crippen molar-refractivity contribution < 1.29 is 17.9 Å². The molecule has 0 aliphatic carbocycles. The first-order valence-electron chi connectivity index (χ1n) is 10.4. The smallest absolute Gasteiger partial charge is 0.227 e. The zero-order chi connectivity index (χ0) is 21.3. The van der Waals surface area contributed by atoms with Crippen molar-refractivity contribution in [2.75, 3.05) is 30.8 Å². The molecule has 0 unspecified atom stereocenters. The minimum Gasteiger partial charge on any atom is -0.489 e. The molecule has 2 aliphatic rings. The molecule has 1 saturated heterocycles. The number of aryl methyl sites for hydroxylation is 1. The van der Waals surface area contributed by atoms with Crippen molar-refractivity contribution in [2.45, 2.75) is 38.7 Å². The van der Waals surface area contributed by atoms with Crippen LogP contribution >= 0.6 is 0 Å². The van der Waals surface area contributed by atoms with Crippen molar-refractivity contribution >= 4 is 21.6 Å². The van der Waals surface area contributed by atoms with Gasteiger partial charge >= 0.3 is 0 Å². The van der Waals surface area contributed by atoms with Gasteiger partial charge in [-0.3, -0.25) is 9.78 Å². The largest absolute Gasteiger partial charge is 0.489 e. The summed E-state index contributed by atoms with van der Waals surface area (Å²) in [5.41, 5.74) is 3.96. The van der Waals surface area contributed by atoms with Crippen LogP contribution in [0.4, 0.5) is 5.69 Å². The first-order chi connectivity index (χ1) is 14.4. The third-order valence-corrected chi connectivity index (χ3v) is 7.80. The molecule has 1 fully saturated rings. The van der Waals surface area contributed by atoms with Gasteiger partial charge in [0, 0.05) is 43.9 Å². The summed E-state index contributed by atoms with van der Waals surface area (Å²) >= 11 is 0. The highest BCUT2D eigenvalue weighted by molar-refractivity contribution is 7.89. The molecule has 0 radical (unpaired) electrons. The van der Waals surface area contributed by atoms with E-state index in [4.69, 9.17) is 4.74 Å². The van der Waals surface area contributed by atoms with E-state index in [-0.39, 0.29) is 17.8 Å². The van der Waals surface area contributed by atoms with Crippen LogP contribution in [0.3, 0.4) is 0 Å². The third-order valence-electron chi connectivity index (χ3n) is 5.92. The van der Waals surface area contributed by atoms with E-state index in [1.165, 1.54) is 0 Å². The Labute approximate surface area is 177 Å². The minimum atomic E-state index is -3.15. The van der Waals surface area contributed by atoms with Crippen LogP contribution in [-0.2, 0) is 21.2 Å². The number of rotatable bonds is 5. The summed E-state index contributed by atoms with van der Waals surface area (Å²) in [5.74, 6) is 0.902. The van der Waals surface area contributed by atoms with Crippen LogP contribution in [0.1, 0.15) is 31.7 Å². The second kappa shape index (κ2) is 8.35. The van der Waals surface area contributed by atoms with Crippen molar-refractivity contribution in [1.82, 2.24) is 9.29 Å². The number of ether oxygens (including phenoxy) is 1. The molecular weight excluding hydrogens is 402 g/mol. The number of pyridine rings is 1. The van der Waals surface area contributed by atoms with Gasteiger partial charge in [-0.2, -0.15) is 0 Å². The standard InChI is InChI=1S/C22H27N3O4S/c1-3-30(27,28)25-11-9-18(10-12-25)29-19-13-17(14-23-15-19)20-6-4-5-16-7-8-21(26)24(2)22(16)20/h4-6,13-15,18H,3,7-12H2,1-2H3. The maximum Gasteiger partial charge on any atom is 0.227 e. The molecule has 3 heterocycles. The molecule has 0 spiro atoms. The van der Waals surface area contributed by atoms with Gasteiger partial charge in [0.1, 0.15) is 11.9 Å². The second-order valence-electron chi connectivity index (χ2n) is 7.79. The Morgan fingerprint density at radius 2 is 1.93 bits per heavy atom. The van der Waals surface area contributed by atoms with E-state index in [2.05, 4.69) is 11.1 Å². The lowest BCUT2D eigenvalue weighted by Crippen LogP contribution is -2.42. The van der Waals surface area contributed by atoms with Crippen molar-refractivity contribution in [3.63, 3.8) is 0 Å². The molecule has 2 aromatic rings. The molecule has 1 aromatic carbocycles. The zero-order valence-electron chi connectivity index (χ0n) is 17.4. The van der Waals surface area contributed by atoms with Gasteiger partial charge in [-0.15, -0.1) is 0 Å². The number of carbonyl (C=O) groups is 1. The number of fused-ring (bicyclic) bond motifs is 1. The molecule has 1 aromatic heterocycles. The number of aromatic nitrogens is 1. The number of sulfonamides is 1. The Morgan fingerprint density at radius 1 is 1.17 bits per heavy atom. The number of anilines is 1. The van der Waals surface area contributed by atoms with E-state index in [0.717, 1.165) is 28.8 Å². The number of para-hydroxylation sites is 1. The van der Waals surface area contributed by atoms with Gasteiger partial charge in [-0.1, -0.05) is 18.2 Å². The van der Waals surface area contributed by atoms with Crippen molar-refractivity contribution in [3.05, 3.63) is 42.2 Å². The normalized spacial score (nSPS) is 18.3. The number of piperidine rings is 1. The number of nitrogens with zero attached hydrogens (tertiary/aromatic N) is 3. The summed E-state index contributed by atoms with van der Waals surface area (Å²) in [4.78, 5) is 18.3. The Balaban J connectivity index is 1.52. The molecule has 4 rings (SSSR count). The molecule has 0 bridgehead atoms. The van der Waals surface area contributed by atoms with Crippen LogP contribution in [0, 0.1) is 0 Å². The number of hydrogen-bond acceptors (Lipinski definition) is 5. The van der Waals surface area contributed by atoms with Crippen LogP contribution < -0.4 is 9.64 Å². The van der Waals surface area contributed by atoms with Crippen LogP contribution in [0.25, 0.3) is 11.1 Å². The predicted octanol–water partition coefficient (Wildman–Crippen LogP) is 2.85. The molecule has 160 valence electrons. The molecule has 7 nitrogen and oxygen atoms in total. The topological polar surface area (TPSA) is 79.8 Å². The van der Waals surface area contributed by atoms with E-state index in [9.17, 15) is 13.2 Å². The first-order valence-corrected chi connectivity index (χ1v) is 12.0. The van der Waals surface area contributed by atoms with E-state index in [1.54, 1.807) is 28.5 Å². The molecule has 30 heavy (non-hydrogen) atoms.